The number of amides is 2. The summed E-state index contributed by atoms with van der Waals surface area (Å²) in [7, 11) is 0. The van der Waals surface area contributed by atoms with E-state index >= 15 is 0 Å². The fourth-order valence-electron chi connectivity index (χ4n) is 3.08. The Morgan fingerprint density at radius 3 is 2.52 bits per heavy atom. The van der Waals surface area contributed by atoms with Crippen molar-refractivity contribution in [2.24, 2.45) is 0 Å². The van der Waals surface area contributed by atoms with E-state index < -0.39 is 11.8 Å². The van der Waals surface area contributed by atoms with Gasteiger partial charge in [-0.1, -0.05) is 11.3 Å². The summed E-state index contributed by atoms with van der Waals surface area (Å²) >= 11 is 1.35. The second-order valence-electron chi connectivity index (χ2n) is 6.32. The quantitative estimate of drug-likeness (QED) is 0.783. The molecule has 0 unspecified atom stereocenters. The van der Waals surface area contributed by atoms with Gasteiger partial charge in [-0.25, -0.2) is 4.39 Å². The van der Waals surface area contributed by atoms with Crippen molar-refractivity contribution in [2.45, 2.75) is 31.8 Å². The van der Waals surface area contributed by atoms with Crippen LogP contribution in [-0.4, -0.2) is 50.9 Å². The van der Waals surface area contributed by atoms with Crippen LogP contribution in [-0.2, 0) is 16.1 Å². The largest absolute Gasteiger partial charge is 0.330 e. The summed E-state index contributed by atoms with van der Waals surface area (Å²) in [6, 6.07) is 6.28. The molecule has 1 aliphatic heterocycles. The van der Waals surface area contributed by atoms with E-state index in [-0.39, 0.29) is 18.4 Å². The highest BCUT2D eigenvalue weighted by Gasteiger charge is 2.38. The van der Waals surface area contributed by atoms with Crippen LogP contribution in [0, 0.1) is 5.82 Å². The van der Waals surface area contributed by atoms with Gasteiger partial charge in [0.15, 0.2) is 0 Å². The number of hydrogen-bond donors (Lipinski definition) is 0. The first-order chi connectivity index (χ1) is 12.1. The Morgan fingerprint density at radius 2 is 1.84 bits per heavy atom. The van der Waals surface area contributed by atoms with Crippen LogP contribution >= 0.6 is 11.3 Å². The molecule has 1 aromatic heterocycles. The SMILES string of the molecule is O=C1C(=O)N(C2CCC2)CCN1Cc1nnc(-c2ccc(F)cc2)s1. The number of nitrogens with zero attached hydrogens (tertiary/aromatic N) is 4. The van der Waals surface area contributed by atoms with Crippen molar-refractivity contribution in [2.75, 3.05) is 13.1 Å². The number of rotatable bonds is 4. The van der Waals surface area contributed by atoms with Crippen molar-refractivity contribution in [1.82, 2.24) is 20.0 Å². The zero-order chi connectivity index (χ0) is 17.4. The molecule has 2 amide bonds. The van der Waals surface area contributed by atoms with Crippen molar-refractivity contribution in [3.8, 4) is 10.6 Å². The van der Waals surface area contributed by atoms with Crippen molar-refractivity contribution in [3.05, 3.63) is 35.1 Å². The van der Waals surface area contributed by atoms with Crippen LogP contribution < -0.4 is 0 Å². The molecule has 8 heteroatoms. The summed E-state index contributed by atoms with van der Waals surface area (Å²) in [5, 5.41) is 9.54. The van der Waals surface area contributed by atoms with Crippen LogP contribution in [0.1, 0.15) is 24.3 Å². The third-order valence-corrected chi connectivity index (χ3v) is 5.70. The number of halogens is 1. The zero-order valence-electron chi connectivity index (χ0n) is 13.5. The molecule has 0 spiro atoms. The van der Waals surface area contributed by atoms with E-state index in [1.807, 2.05) is 0 Å². The Kier molecular flexibility index (Phi) is 4.20. The third kappa shape index (κ3) is 3.13. The standard InChI is InChI=1S/C17H17FN4O2S/c18-12-6-4-11(5-7-12)15-20-19-14(25-15)10-21-8-9-22(13-2-1-3-13)17(24)16(21)23/h4-7,13H,1-3,8-10H2. The molecule has 6 nitrogen and oxygen atoms in total. The molecule has 0 atom stereocenters. The summed E-state index contributed by atoms with van der Waals surface area (Å²) in [6.07, 6.45) is 3.12. The molecule has 1 aromatic carbocycles. The molecule has 0 bridgehead atoms. The summed E-state index contributed by atoms with van der Waals surface area (Å²) in [4.78, 5) is 27.9. The topological polar surface area (TPSA) is 66.4 Å². The predicted molar refractivity (Wildman–Crippen MR) is 90.1 cm³/mol. The maximum Gasteiger partial charge on any atom is 0.312 e. The fourth-order valence-corrected chi connectivity index (χ4v) is 3.94. The van der Waals surface area contributed by atoms with Crippen molar-refractivity contribution >= 4 is 23.2 Å². The van der Waals surface area contributed by atoms with Gasteiger partial charge in [-0.2, -0.15) is 0 Å². The first-order valence-corrected chi connectivity index (χ1v) is 9.11. The van der Waals surface area contributed by atoms with E-state index in [0.29, 0.717) is 23.1 Å². The molecule has 4 rings (SSSR count). The Morgan fingerprint density at radius 1 is 1.08 bits per heavy atom. The van der Waals surface area contributed by atoms with Gasteiger partial charge in [0, 0.05) is 24.7 Å². The van der Waals surface area contributed by atoms with Crippen LogP contribution in [0.2, 0.25) is 0 Å². The Hall–Kier alpha value is -2.35. The normalized spacial score (nSPS) is 18.6. The summed E-state index contributed by atoms with van der Waals surface area (Å²) in [5.41, 5.74) is 0.780. The monoisotopic (exact) mass is 360 g/mol. The minimum Gasteiger partial charge on any atom is -0.330 e. The van der Waals surface area contributed by atoms with E-state index in [2.05, 4.69) is 10.2 Å². The second kappa shape index (κ2) is 6.51. The number of piperazine rings is 1. The average molecular weight is 360 g/mol. The van der Waals surface area contributed by atoms with Crippen molar-refractivity contribution < 1.29 is 14.0 Å². The molecule has 2 heterocycles. The second-order valence-corrected chi connectivity index (χ2v) is 7.38. The molecule has 1 aliphatic carbocycles. The van der Waals surface area contributed by atoms with E-state index in [0.717, 1.165) is 24.8 Å². The third-order valence-electron chi connectivity index (χ3n) is 4.74. The van der Waals surface area contributed by atoms with Gasteiger partial charge in [0.25, 0.3) is 0 Å². The maximum atomic E-state index is 13.0. The van der Waals surface area contributed by atoms with E-state index in [1.165, 1.54) is 28.4 Å². The first-order valence-electron chi connectivity index (χ1n) is 8.30. The van der Waals surface area contributed by atoms with Gasteiger partial charge < -0.3 is 9.80 Å². The minimum atomic E-state index is -0.461. The van der Waals surface area contributed by atoms with Gasteiger partial charge in [0.1, 0.15) is 15.8 Å². The zero-order valence-corrected chi connectivity index (χ0v) is 14.3. The Bertz CT molecular complexity index is 803. The highest BCUT2D eigenvalue weighted by Crippen LogP contribution is 2.28. The first kappa shape index (κ1) is 16.1. The maximum absolute atomic E-state index is 13.0. The lowest BCUT2D eigenvalue weighted by atomic mass is 9.91. The Balaban J connectivity index is 1.43. The minimum absolute atomic E-state index is 0.241. The van der Waals surface area contributed by atoms with Crippen LogP contribution in [0.15, 0.2) is 24.3 Å². The molecule has 130 valence electrons. The van der Waals surface area contributed by atoms with E-state index in [1.54, 1.807) is 17.0 Å². The average Bonchev–Trinajstić information content (AvgIpc) is 3.02. The lowest BCUT2D eigenvalue weighted by Crippen LogP contribution is -2.58. The smallest absolute Gasteiger partial charge is 0.312 e. The van der Waals surface area contributed by atoms with Crippen LogP contribution in [0.5, 0.6) is 0 Å². The molecule has 25 heavy (non-hydrogen) atoms. The van der Waals surface area contributed by atoms with Gasteiger partial charge >= 0.3 is 11.8 Å². The molecule has 1 saturated heterocycles. The van der Waals surface area contributed by atoms with Crippen LogP contribution in [0.25, 0.3) is 10.6 Å². The lowest BCUT2D eigenvalue weighted by Gasteiger charge is -2.41. The number of carbonyl (C=O) groups excluding carboxylic acids is 2. The van der Waals surface area contributed by atoms with E-state index in [9.17, 15) is 14.0 Å². The number of aromatic nitrogens is 2. The number of benzene rings is 1. The molecule has 0 N–H and O–H groups in total. The molecular weight excluding hydrogens is 343 g/mol. The van der Waals surface area contributed by atoms with Gasteiger partial charge in [-0.3, -0.25) is 9.59 Å². The molecule has 1 saturated carbocycles. The number of carbonyl (C=O) groups is 2. The van der Waals surface area contributed by atoms with Crippen molar-refractivity contribution in [3.63, 3.8) is 0 Å². The van der Waals surface area contributed by atoms with Gasteiger partial charge in [-0.05, 0) is 43.5 Å². The highest BCUT2D eigenvalue weighted by molar-refractivity contribution is 7.14. The van der Waals surface area contributed by atoms with Gasteiger partial charge in [-0.15, -0.1) is 10.2 Å². The van der Waals surface area contributed by atoms with Crippen LogP contribution in [0.3, 0.4) is 0 Å². The van der Waals surface area contributed by atoms with Crippen molar-refractivity contribution in [1.29, 1.82) is 0 Å². The van der Waals surface area contributed by atoms with Crippen LogP contribution in [0.4, 0.5) is 4.39 Å². The molecule has 2 aliphatic rings. The van der Waals surface area contributed by atoms with Gasteiger partial charge in [0.2, 0.25) is 0 Å². The summed E-state index contributed by atoms with van der Waals surface area (Å²) in [5.74, 6) is -1.17. The highest BCUT2D eigenvalue weighted by atomic mass is 32.1. The summed E-state index contributed by atoms with van der Waals surface area (Å²) in [6.45, 7) is 1.38. The molecule has 0 radical (unpaired) electrons. The van der Waals surface area contributed by atoms with E-state index in [4.69, 9.17) is 0 Å². The molecular formula is C17H17FN4O2S. The molecule has 2 fully saturated rings. The van der Waals surface area contributed by atoms with Gasteiger partial charge in [0.05, 0.1) is 6.54 Å². The molecule has 2 aromatic rings. The fraction of sp³-hybridized carbons (Fsp3) is 0.412. The predicted octanol–water partition coefficient (Wildman–Crippen LogP) is 2.07. The lowest BCUT2D eigenvalue weighted by molar-refractivity contribution is -0.159. The number of hydrogen-bond acceptors (Lipinski definition) is 5. The summed E-state index contributed by atoms with van der Waals surface area (Å²) < 4.78 is 13.0. The Labute approximate surface area is 148 Å².